The number of ether oxygens (including phenoxy) is 1. The summed E-state index contributed by atoms with van der Waals surface area (Å²) in [5.41, 5.74) is 0.910. The van der Waals surface area contributed by atoms with Gasteiger partial charge in [-0.2, -0.15) is 4.98 Å². The summed E-state index contributed by atoms with van der Waals surface area (Å²) in [5, 5.41) is 3.92. The van der Waals surface area contributed by atoms with Crippen LogP contribution in [0.15, 0.2) is 53.1 Å². The van der Waals surface area contributed by atoms with Gasteiger partial charge in [-0.15, -0.1) is 0 Å². The van der Waals surface area contributed by atoms with Gasteiger partial charge in [0.25, 0.3) is 11.8 Å². The molecule has 7 heteroatoms. The summed E-state index contributed by atoms with van der Waals surface area (Å²) in [5.74, 6) is 0.532. The van der Waals surface area contributed by atoms with Gasteiger partial charge in [0, 0.05) is 18.7 Å². The molecular weight excluding hydrogens is 349 g/mol. The standard InChI is InChI=1S/C20H18FN3O3/c21-17-9-2-1-8-16(17)20-22-19(23-27-20)14-6-5-7-15(12-14)26-13-18(25)24-10-3-4-11-24/h1-2,5-9,12H,3-4,10-11,13H2. The number of hydrogen-bond acceptors (Lipinski definition) is 5. The second-order valence-electron chi connectivity index (χ2n) is 6.31. The van der Waals surface area contributed by atoms with Gasteiger partial charge in [-0.3, -0.25) is 4.79 Å². The normalized spacial score (nSPS) is 13.7. The Bertz CT molecular complexity index is 951. The lowest BCUT2D eigenvalue weighted by atomic mass is 10.2. The number of halogens is 1. The second-order valence-corrected chi connectivity index (χ2v) is 6.31. The van der Waals surface area contributed by atoms with Crippen molar-refractivity contribution in [3.05, 3.63) is 54.3 Å². The van der Waals surface area contributed by atoms with Gasteiger partial charge < -0.3 is 14.2 Å². The first kappa shape index (κ1) is 17.2. The van der Waals surface area contributed by atoms with Crippen LogP contribution in [0.1, 0.15) is 12.8 Å². The lowest BCUT2D eigenvalue weighted by Gasteiger charge is -2.15. The third kappa shape index (κ3) is 3.81. The molecule has 1 fully saturated rings. The highest BCUT2D eigenvalue weighted by molar-refractivity contribution is 5.78. The zero-order chi connectivity index (χ0) is 18.6. The van der Waals surface area contributed by atoms with Crippen molar-refractivity contribution in [2.75, 3.05) is 19.7 Å². The monoisotopic (exact) mass is 367 g/mol. The van der Waals surface area contributed by atoms with Crippen LogP contribution < -0.4 is 4.74 Å². The van der Waals surface area contributed by atoms with Crippen LogP contribution in [-0.2, 0) is 4.79 Å². The summed E-state index contributed by atoms with van der Waals surface area (Å²) < 4.78 is 24.7. The van der Waals surface area contributed by atoms with Crippen molar-refractivity contribution in [3.63, 3.8) is 0 Å². The molecule has 0 aliphatic carbocycles. The van der Waals surface area contributed by atoms with E-state index in [2.05, 4.69) is 10.1 Å². The number of amides is 1. The predicted molar refractivity (Wildman–Crippen MR) is 96.4 cm³/mol. The minimum atomic E-state index is -0.426. The molecule has 0 spiro atoms. The quantitative estimate of drug-likeness (QED) is 0.690. The topological polar surface area (TPSA) is 68.5 Å². The van der Waals surface area contributed by atoms with E-state index in [0.717, 1.165) is 25.9 Å². The van der Waals surface area contributed by atoms with Crippen LogP contribution >= 0.6 is 0 Å². The molecule has 1 aliphatic rings. The first-order valence-corrected chi connectivity index (χ1v) is 8.80. The summed E-state index contributed by atoms with van der Waals surface area (Å²) in [7, 11) is 0. The molecular formula is C20H18FN3O3. The molecule has 2 heterocycles. The van der Waals surface area contributed by atoms with E-state index >= 15 is 0 Å². The van der Waals surface area contributed by atoms with Crippen LogP contribution in [0.3, 0.4) is 0 Å². The average Bonchev–Trinajstić information content (AvgIpc) is 3.39. The van der Waals surface area contributed by atoms with E-state index in [1.165, 1.54) is 6.07 Å². The van der Waals surface area contributed by atoms with Gasteiger partial charge in [0.05, 0.1) is 5.56 Å². The van der Waals surface area contributed by atoms with E-state index in [0.29, 0.717) is 17.1 Å². The Morgan fingerprint density at radius 3 is 2.78 bits per heavy atom. The van der Waals surface area contributed by atoms with Crippen molar-refractivity contribution in [1.29, 1.82) is 0 Å². The predicted octanol–water partition coefficient (Wildman–Crippen LogP) is 3.54. The number of likely N-dealkylation sites (tertiary alicyclic amines) is 1. The molecule has 1 saturated heterocycles. The summed E-state index contributed by atoms with van der Waals surface area (Å²) in [6.45, 7) is 1.59. The Hall–Kier alpha value is -3.22. The van der Waals surface area contributed by atoms with Crippen LogP contribution in [-0.4, -0.2) is 40.6 Å². The maximum Gasteiger partial charge on any atom is 0.261 e. The number of carbonyl (C=O) groups is 1. The number of nitrogens with zero attached hydrogens (tertiary/aromatic N) is 3. The molecule has 4 rings (SSSR count). The molecule has 0 atom stereocenters. The maximum absolute atomic E-state index is 13.9. The van der Waals surface area contributed by atoms with Crippen molar-refractivity contribution < 1.29 is 18.4 Å². The molecule has 0 unspecified atom stereocenters. The molecule has 0 N–H and O–H groups in total. The van der Waals surface area contributed by atoms with E-state index in [4.69, 9.17) is 9.26 Å². The van der Waals surface area contributed by atoms with Crippen LogP contribution in [0.4, 0.5) is 4.39 Å². The van der Waals surface area contributed by atoms with Gasteiger partial charge >= 0.3 is 0 Å². The maximum atomic E-state index is 13.9. The van der Waals surface area contributed by atoms with Gasteiger partial charge in [0.2, 0.25) is 5.82 Å². The zero-order valence-electron chi connectivity index (χ0n) is 14.6. The number of benzene rings is 2. The Kier molecular flexibility index (Phi) is 4.82. The molecule has 1 aliphatic heterocycles. The second kappa shape index (κ2) is 7.57. The average molecular weight is 367 g/mol. The van der Waals surface area contributed by atoms with Crippen molar-refractivity contribution in [1.82, 2.24) is 15.0 Å². The number of carbonyl (C=O) groups excluding carboxylic acids is 1. The minimum absolute atomic E-state index is 0.00380. The molecule has 6 nitrogen and oxygen atoms in total. The van der Waals surface area contributed by atoms with Crippen LogP contribution in [0.2, 0.25) is 0 Å². The summed E-state index contributed by atoms with van der Waals surface area (Å²) in [4.78, 5) is 18.2. The smallest absolute Gasteiger partial charge is 0.261 e. The molecule has 2 aromatic carbocycles. The Labute approximate surface area is 155 Å². The molecule has 27 heavy (non-hydrogen) atoms. The summed E-state index contributed by atoms with van der Waals surface area (Å²) >= 11 is 0. The van der Waals surface area contributed by atoms with Crippen LogP contribution in [0, 0.1) is 5.82 Å². The van der Waals surface area contributed by atoms with E-state index in [-0.39, 0.29) is 24.0 Å². The lowest BCUT2D eigenvalue weighted by molar-refractivity contribution is -0.132. The third-order valence-electron chi connectivity index (χ3n) is 4.44. The van der Waals surface area contributed by atoms with Crippen molar-refractivity contribution >= 4 is 5.91 Å². The summed E-state index contributed by atoms with van der Waals surface area (Å²) in [6, 6.07) is 13.3. The highest BCUT2D eigenvalue weighted by Gasteiger charge is 2.18. The van der Waals surface area contributed by atoms with Crippen molar-refractivity contribution in [3.8, 4) is 28.6 Å². The highest BCUT2D eigenvalue weighted by Crippen LogP contribution is 2.26. The minimum Gasteiger partial charge on any atom is -0.484 e. The van der Waals surface area contributed by atoms with Gasteiger partial charge in [-0.05, 0) is 37.1 Å². The highest BCUT2D eigenvalue weighted by atomic mass is 19.1. The molecule has 138 valence electrons. The first-order valence-electron chi connectivity index (χ1n) is 8.80. The SMILES string of the molecule is O=C(COc1cccc(-c2noc(-c3ccccc3F)n2)c1)N1CCCC1. The van der Waals surface area contributed by atoms with E-state index in [1.54, 1.807) is 42.5 Å². The largest absolute Gasteiger partial charge is 0.484 e. The van der Waals surface area contributed by atoms with E-state index in [9.17, 15) is 9.18 Å². The fourth-order valence-electron chi connectivity index (χ4n) is 3.01. The summed E-state index contributed by atoms with van der Waals surface area (Å²) in [6.07, 6.45) is 2.09. The van der Waals surface area contributed by atoms with E-state index in [1.807, 2.05) is 4.90 Å². The molecule has 0 bridgehead atoms. The Morgan fingerprint density at radius 1 is 1.15 bits per heavy atom. The molecule has 1 aromatic heterocycles. The van der Waals surface area contributed by atoms with Gasteiger partial charge in [-0.1, -0.05) is 29.4 Å². The number of rotatable bonds is 5. The van der Waals surface area contributed by atoms with Crippen LogP contribution in [0.25, 0.3) is 22.8 Å². The Morgan fingerprint density at radius 2 is 1.96 bits per heavy atom. The van der Waals surface area contributed by atoms with Gasteiger partial charge in [-0.25, -0.2) is 4.39 Å². The molecule has 3 aromatic rings. The number of aromatic nitrogens is 2. The lowest BCUT2D eigenvalue weighted by Crippen LogP contribution is -2.32. The van der Waals surface area contributed by atoms with Gasteiger partial charge in [0.1, 0.15) is 11.6 Å². The van der Waals surface area contributed by atoms with Crippen LogP contribution in [0.5, 0.6) is 5.75 Å². The Balaban J connectivity index is 1.48. The molecule has 1 amide bonds. The van der Waals surface area contributed by atoms with E-state index < -0.39 is 5.82 Å². The third-order valence-corrected chi connectivity index (χ3v) is 4.44. The number of hydrogen-bond donors (Lipinski definition) is 0. The fourth-order valence-corrected chi connectivity index (χ4v) is 3.01. The molecule has 0 radical (unpaired) electrons. The first-order chi connectivity index (χ1) is 13.2. The van der Waals surface area contributed by atoms with Crippen molar-refractivity contribution in [2.24, 2.45) is 0 Å². The van der Waals surface area contributed by atoms with Gasteiger partial charge in [0.15, 0.2) is 6.61 Å². The van der Waals surface area contributed by atoms with Crippen molar-refractivity contribution in [2.45, 2.75) is 12.8 Å². The fraction of sp³-hybridized carbons (Fsp3) is 0.250. The zero-order valence-corrected chi connectivity index (χ0v) is 14.6. The molecule has 0 saturated carbocycles.